The fraction of sp³-hybridized carbons (Fsp3) is 0.227. The molecule has 1 aliphatic rings. The third-order valence-corrected chi connectivity index (χ3v) is 5.54. The number of nitrogens with one attached hydrogen (secondary N) is 1. The maximum Gasteiger partial charge on any atom is 0.238 e. The quantitative estimate of drug-likeness (QED) is 0.527. The number of halogens is 1. The van der Waals surface area contributed by atoms with E-state index in [0.29, 0.717) is 29.0 Å². The number of aliphatic imine (C=N–C) groups is 1. The summed E-state index contributed by atoms with van der Waals surface area (Å²) >= 11 is 6.17. The molecule has 5 rings (SSSR count). The average molecular weight is 437 g/mol. The van der Waals surface area contributed by atoms with Crippen LogP contribution in [0.3, 0.4) is 0 Å². The molecule has 0 amide bonds. The first-order valence-electron chi connectivity index (χ1n) is 9.80. The second kappa shape index (κ2) is 7.72. The van der Waals surface area contributed by atoms with Gasteiger partial charge in [0.25, 0.3) is 0 Å². The molecule has 0 radical (unpaired) electrons. The molecule has 4 heterocycles. The molecule has 1 atom stereocenters. The number of hydrogen-bond acceptors (Lipinski definition) is 6. The number of aryl methyl sites for hydroxylation is 2. The van der Waals surface area contributed by atoms with Gasteiger partial charge in [-0.2, -0.15) is 0 Å². The third kappa shape index (κ3) is 3.54. The van der Waals surface area contributed by atoms with Crippen LogP contribution in [0.15, 0.2) is 54.0 Å². The first kappa shape index (κ1) is 19.6. The van der Waals surface area contributed by atoms with Crippen molar-refractivity contribution in [2.45, 2.75) is 13.0 Å². The number of benzene rings is 1. The molecule has 158 valence electrons. The number of amidine groups is 1. The summed E-state index contributed by atoms with van der Waals surface area (Å²) in [5.74, 6) is 1.02. The molecule has 1 aliphatic heterocycles. The molecule has 0 saturated heterocycles. The SMILES string of the molecule is COc1nc(C2=NC(c3cn(C)c4cc(Cl)ccc34)CON2)ccc1-n1cnc(C)c1. The summed E-state index contributed by atoms with van der Waals surface area (Å²) in [5.41, 5.74) is 7.37. The third-order valence-electron chi connectivity index (χ3n) is 5.30. The summed E-state index contributed by atoms with van der Waals surface area (Å²) in [4.78, 5) is 19.5. The van der Waals surface area contributed by atoms with Gasteiger partial charge >= 0.3 is 0 Å². The minimum absolute atomic E-state index is 0.176. The second-order valence-corrected chi connectivity index (χ2v) is 7.85. The van der Waals surface area contributed by atoms with Gasteiger partial charge in [-0.25, -0.2) is 15.4 Å². The Morgan fingerprint density at radius 2 is 2.10 bits per heavy atom. The maximum absolute atomic E-state index is 6.17. The fourth-order valence-electron chi connectivity index (χ4n) is 3.80. The molecule has 1 aromatic carbocycles. The van der Waals surface area contributed by atoms with Gasteiger partial charge in [-0.15, -0.1) is 0 Å². The van der Waals surface area contributed by atoms with Crippen molar-refractivity contribution in [3.63, 3.8) is 0 Å². The van der Waals surface area contributed by atoms with Crippen molar-refractivity contribution in [2.24, 2.45) is 12.0 Å². The van der Waals surface area contributed by atoms with Crippen LogP contribution in [0.4, 0.5) is 0 Å². The van der Waals surface area contributed by atoms with Gasteiger partial charge in [0.15, 0.2) is 5.84 Å². The molecule has 0 spiro atoms. The molecule has 0 aliphatic carbocycles. The Bertz CT molecular complexity index is 1310. The van der Waals surface area contributed by atoms with Gasteiger partial charge in [0, 0.05) is 40.9 Å². The van der Waals surface area contributed by atoms with Crippen LogP contribution in [0.2, 0.25) is 5.02 Å². The monoisotopic (exact) mass is 436 g/mol. The Kier molecular flexibility index (Phi) is 4.88. The van der Waals surface area contributed by atoms with Crippen molar-refractivity contribution >= 4 is 28.3 Å². The highest BCUT2D eigenvalue weighted by Crippen LogP contribution is 2.32. The summed E-state index contributed by atoms with van der Waals surface area (Å²) in [7, 11) is 3.59. The van der Waals surface area contributed by atoms with Crippen LogP contribution >= 0.6 is 11.6 Å². The van der Waals surface area contributed by atoms with E-state index in [0.717, 1.165) is 27.8 Å². The molecule has 0 bridgehead atoms. The van der Waals surface area contributed by atoms with E-state index in [9.17, 15) is 0 Å². The lowest BCUT2D eigenvalue weighted by molar-refractivity contribution is 0.0623. The second-order valence-electron chi connectivity index (χ2n) is 7.41. The molecule has 1 unspecified atom stereocenters. The number of rotatable bonds is 4. The van der Waals surface area contributed by atoms with E-state index in [2.05, 4.69) is 26.2 Å². The molecule has 31 heavy (non-hydrogen) atoms. The van der Waals surface area contributed by atoms with E-state index >= 15 is 0 Å². The zero-order chi connectivity index (χ0) is 21.5. The van der Waals surface area contributed by atoms with Gasteiger partial charge in [-0.1, -0.05) is 17.7 Å². The van der Waals surface area contributed by atoms with Crippen LogP contribution in [0.1, 0.15) is 23.0 Å². The standard InChI is InChI=1S/C22H21ClN6O2/c1-13-9-29(12-24-13)19-7-6-17(26-22(19)30-3)21-25-18(11-31-27-21)16-10-28(2)20-8-14(23)4-5-15(16)20/h4-10,12,18H,11H2,1-3H3,(H,25,27). The van der Waals surface area contributed by atoms with Crippen molar-refractivity contribution in [3.05, 3.63) is 71.0 Å². The lowest BCUT2D eigenvalue weighted by atomic mass is 10.1. The normalized spacial score (nSPS) is 16.3. The fourth-order valence-corrected chi connectivity index (χ4v) is 3.97. The molecule has 9 heteroatoms. The van der Waals surface area contributed by atoms with E-state index in [4.69, 9.17) is 26.2 Å². The Balaban J connectivity index is 1.53. The summed E-state index contributed by atoms with van der Waals surface area (Å²) in [6, 6.07) is 9.50. The number of ether oxygens (including phenoxy) is 1. The van der Waals surface area contributed by atoms with Gasteiger partial charge in [-0.05, 0) is 31.2 Å². The zero-order valence-corrected chi connectivity index (χ0v) is 18.1. The Labute approximate surface area is 184 Å². The van der Waals surface area contributed by atoms with Crippen molar-refractivity contribution in [3.8, 4) is 11.6 Å². The van der Waals surface area contributed by atoms with Crippen LogP contribution < -0.4 is 10.2 Å². The Hall–Kier alpha value is -3.36. The molecule has 4 aromatic rings. The van der Waals surface area contributed by atoms with Crippen molar-refractivity contribution in [1.29, 1.82) is 0 Å². The van der Waals surface area contributed by atoms with Crippen LogP contribution in [0.25, 0.3) is 16.6 Å². The topological polar surface area (TPSA) is 78.5 Å². The number of imidazole rings is 1. The number of aromatic nitrogens is 4. The van der Waals surface area contributed by atoms with Crippen LogP contribution in [0.5, 0.6) is 5.88 Å². The van der Waals surface area contributed by atoms with Crippen molar-refractivity contribution < 1.29 is 9.57 Å². The summed E-state index contributed by atoms with van der Waals surface area (Å²) < 4.78 is 9.45. The first-order chi connectivity index (χ1) is 15.0. The van der Waals surface area contributed by atoms with E-state index in [1.807, 2.05) is 55.1 Å². The molecular weight excluding hydrogens is 416 g/mol. The number of fused-ring (bicyclic) bond motifs is 1. The van der Waals surface area contributed by atoms with E-state index in [-0.39, 0.29) is 6.04 Å². The smallest absolute Gasteiger partial charge is 0.238 e. The summed E-state index contributed by atoms with van der Waals surface area (Å²) in [5, 5.41) is 1.80. The molecule has 0 fully saturated rings. The van der Waals surface area contributed by atoms with Gasteiger partial charge < -0.3 is 13.9 Å². The van der Waals surface area contributed by atoms with E-state index in [1.54, 1.807) is 13.4 Å². The maximum atomic E-state index is 6.17. The number of hydrogen-bond donors (Lipinski definition) is 1. The van der Waals surface area contributed by atoms with E-state index < -0.39 is 0 Å². The highest BCUT2D eigenvalue weighted by molar-refractivity contribution is 6.31. The van der Waals surface area contributed by atoms with Gasteiger partial charge in [-0.3, -0.25) is 9.83 Å². The van der Waals surface area contributed by atoms with Crippen LogP contribution in [-0.4, -0.2) is 38.7 Å². The number of nitrogens with zero attached hydrogens (tertiary/aromatic N) is 5. The van der Waals surface area contributed by atoms with Crippen LogP contribution in [0, 0.1) is 6.92 Å². The van der Waals surface area contributed by atoms with Gasteiger partial charge in [0.05, 0.1) is 19.1 Å². The molecule has 1 N–H and O–H groups in total. The lowest BCUT2D eigenvalue weighted by Crippen LogP contribution is -2.33. The minimum atomic E-state index is -0.176. The predicted octanol–water partition coefficient (Wildman–Crippen LogP) is 3.75. The number of hydroxylamine groups is 1. The summed E-state index contributed by atoms with van der Waals surface area (Å²) in [6.45, 7) is 2.35. The molecule has 0 saturated carbocycles. The summed E-state index contributed by atoms with van der Waals surface area (Å²) in [6.07, 6.45) is 5.72. The predicted molar refractivity (Wildman–Crippen MR) is 119 cm³/mol. The molecular formula is C22H21ClN6O2. The average Bonchev–Trinajstić information content (AvgIpc) is 3.36. The minimum Gasteiger partial charge on any atom is -0.479 e. The van der Waals surface area contributed by atoms with Crippen molar-refractivity contribution in [1.82, 2.24) is 24.6 Å². The van der Waals surface area contributed by atoms with E-state index in [1.165, 1.54) is 0 Å². The van der Waals surface area contributed by atoms with Crippen LogP contribution in [-0.2, 0) is 11.9 Å². The number of pyridine rings is 1. The zero-order valence-electron chi connectivity index (χ0n) is 17.3. The van der Waals surface area contributed by atoms with Gasteiger partial charge in [0.1, 0.15) is 24.0 Å². The highest BCUT2D eigenvalue weighted by atomic mass is 35.5. The Morgan fingerprint density at radius 3 is 2.87 bits per heavy atom. The first-order valence-corrected chi connectivity index (χ1v) is 10.2. The molecule has 3 aromatic heterocycles. The van der Waals surface area contributed by atoms with Crippen molar-refractivity contribution in [2.75, 3.05) is 13.7 Å². The van der Waals surface area contributed by atoms with Gasteiger partial charge in [0.2, 0.25) is 5.88 Å². The highest BCUT2D eigenvalue weighted by Gasteiger charge is 2.23. The largest absolute Gasteiger partial charge is 0.479 e. The lowest BCUT2D eigenvalue weighted by Gasteiger charge is -2.22. The number of methoxy groups -OCH3 is 1. The Morgan fingerprint density at radius 1 is 1.23 bits per heavy atom. The molecule has 8 nitrogen and oxygen atoms in total.